The lowest BCUT2D eigenvalue weighted by Crippen LogP contribution is -2.15. The van der Waals surface area contributed by atoms with E-state index in [1.807, 2.05) is 20.8 Å². The molecule has 0 amide bonds. The van der Waals surface area contributed by atoms with Gasteiger partial charge in [-0.3, -0.25) is 4.52 Å². The first-order valence-electron chi connectivity index (χ1n) is 3.22. The summed E-state index contributed by atoms with van der Waals surface area (Å²) < 4.78 is 9.64. The Hall–Kier alpha value is -0.290. The summed E-state index contributed by atoms with van der Waals surface area (Å²) >= 11 is 0. The van der Waals surface area contributed by atoms with E-state index in [0.717, 1.165) is 0 Å². The van der Waals surface area contributed by atoms with Crippen molar-refractivity contribution in [1.29, 1.82) is 0 Å². The monoisotopic (exact) mass is 176 g/mol. The molecule has 0 radical (unpaired) electrons. The molecule has 0 rings (SSSR count). The number of hydrogen-bond donors (Lipinski definition) is 1. The molecule has 64 valence electrons. The van der Waals surface area contributed by atoms with Gasteiger partial charge in [0.05, 0.1) is 5.60 Å². The van der Waals surface area contributed by atoms with Crippen LogP contribution in [0.15, 0.2) is 0 Å². The molecule has 0 spiro atoms. The van der Waals surface area contributed by atoms with Gasteiger partial charge in [-0.25, -0.2) is 0 Å². The smallest absolute Gasteiger partial charge is 0.373 e. The average molecular weight is 176 g/mol. The lowest BCUT2D eigenvalue weighted by molar-refractivity contribution is 0.109. The van der Waals surface area contributed by atoms with Gasteiger partial charge < -0.3 is 9.42 Å². The summed E-state index contributed by atoms with van der Waals surface area (Å²) in [7, 11) is -1.85. The zero-order chi connectivity index (χ0) is 8.91. The predicted octanol–water partition coefficient (Wildman–Crippen LogP) is 2.02. The summed E-state index contributed by atoms with van der Waals surface area (Å²) in [6.45, 7) is 7.13. The first-order chi connectivity index (χ1) is 4.95. The van der Waals surface area contributed by atoms with Gasteiger partial charge in [0.25, 0.3) is 0 Å². The molecule has 0 saturated carbocycles. The van der Waals surface area contributed by atoms with Crippen LogP contribution in [-0.4, -0.2) is 10.5 Å². The van der Waals surface area contributed by atoms with Gasteiger partial charge in [0.15, 0.2) is 0 Å². The minimum atomic E-state index is -1.85. The highest BCUT2D eigenvalue weighted by Crippen LogP contribution is 2.37. The Bertz CT molecular complexity index is 163. The van der Waals surface area contributed by atoms with Crippen LogP contribution in [0, 0.1) is 12.0 Å². The van der Waals surface area contributed by atoms with E-state index in [1.54, 1.807) is 6.92 Å². The zero-order valence-electron chi connectivity index (χ0n) is 7.21. The van der Waals surface area contributed by atoms with Crippen LogP contribution in [0.3, 0.4) is 0 Å². The molecule has 0 aromatic rings. The first-order valence-corrected chi connectivity index (χ1v) is 4.35. The molecular weight excluding hydrogens is 163 g/mol. The molecule has 1 unspecified atom stereocenters. The molecule has 0 aromatic carbocycles. The minimum absolute atomic E-state index is 0.393. The van der Waals surface area contributed by atoms with E-state index in [2.05, 4.69) is 16.6 Å². The fraction of sp³-hybridized carbons (Fsp3) is 0.714. The van der Waals surface area contributed by atoms with Crippen molar-refractivity contribution in [3.8, 4) is 12.0 Å². The lowest BCUT2D eigenvalue weighted by atomic mass is 10.2. The van der Waals surface area contributed by atoms with Crippen molar-refractivity contribution in [3.05, 3.63) is 0 Å². The highest BCUT2D eigenvalue weighted by molar-refractivity contribution is 7.40. The molecule has 0 fully saturated rings. The van der Waals surface area contributed by atoms with E-state index in [1.165, 1.54) is 0 Å². The topological polar surface area (TPSA) is 38.7 Å². The van der Waals surface area contributed by atoms with Crippen molar-refractivity contribution < 1.29 is 13.9 Å². The quantitative estimate of drug-likeness (QED) is 0.516. The van der Waals surface area contributed by atoms with Crippen LogP contribution < -0.4 is 0 Å². The Morgan fingerprint density at radius 3 is 2.27 bits per heavy atom. The number of hydrogen-bond acceptors (Lipinski definition) is 3. The molecule has 0 aliphatic rings. The molecule has 11 heavy (non-hydrogen) atoms. The van der Waals surface area contributed by atoms with Crippen LogP contribution in [-0.2, 0) is 9.05 Å². The molecule has 0 aliphatic carbocycles. The van der Waals surface area contributed by atoms with Crippen molar-refractivity contribution >= 4 is 8.60 Å². The van der Waals surface area contributed by atoms with E-state index < -0.39 is 14.2 Å². The molecule has 0 aromatic heterocycles. The molecule has 0 heterocycles. The summed E-state index contributed by atoms with van der Waals surface area (Å²) in [5.41, 5.74) is -0.393. The van der Waals surface area contributed by atoms with E-state index in [-0.39, 0.29) is 0 Å². The molecular formula is C7H13O3P. The highest BCUT2D eigenvalue weighted by atomic mass is 31.2. The molecule has 0 bridgehead atoms. The molecule has 1 N–H and O–H groups in total. The Balaban J connectivity index is 3.66. The first kappa shape index (κ1) is 10.7. The summed E-state index contributed by atoms with van der Waals surface area (Å²) in [6, 6.07) is 0. The predicted molar refractivity (Wildman–Crippen MR) is 44.5 cm³/mol. The van der Waals surface area contributed by atoms with Crippen molar-refractivity contribution in [2.75, 3.05) is 0 Å². The van der Waals surface area contributed by atoms with Gasteiger partial charge >= 0.3 is 8.60 Å². The van der Waals surface area contributed by atoms with Gasteiger partial charge in [0.2, 0.25) is 0 Å². The summed E-state index contributed by atoms with van der Waals surface area (Å²) in [5.74, 6) is 2.49. The van der Waals surface area contributed by atoms with Crippen molar-refractivity contribution in [1.82, 2.24) is 0 Å². The Labute approximate surface area is 68.7 Å². The van der Waals surface area contributed by atoms with Crippen molar-refractivity contribution in [2.24, 2.45) is 0 Å². The zero-order valence-corrected chi connectivity index (χ0v) is 8.11. The SMILES string of the molecule is CC#COP(O)OC(C)(C)C. The Morgan fingerprint density at radius 2 is 1.91 bits per heavy atom. The second-order valence-corrected chi connectivity index (χ2v) is 3.73. The minimum Gasteiger partial charge on any atom is -0.373 e. The Morgan fingerprint density at radius 1 is 1.36 bits per heavy atom. The van der Waals surface area contributed by atoms with Gasteiger partial charge in [-0.2, -0.15) is 0 Å². The standard InChI is InChI=1S/C7H13O3P/c1-5-6-9-11(8)10-7(2,3)4/h8H,1-4H3. The normalized spacial score (nSPS) is 13.2. The van der Waals surface area contributed by atoms with Crippen LogP contribution in [0.2, 0.25) is 0 Å². The summed E-state index contributed by atoms with van der Waals surface area (Å²) in [4.78, 5) is 9.03. The van der Waals surface area contributed by atoms with Crippen molar-refractivity contribution in [2.45, 2.75) is 33.3 Å². The fourth-order valence-electron chi connectivity index (χ4n) is 0.338. The lowest BCUT2D eigenvalue weighted by Gasteiger charge is -2.19. The number of rotatable bonds is 2. The molecule has 3 nitrogen and oxygen atoms in total. The van der Waals surface area contributed by atoms with E-state index >= 15 is 0 Å². The van der Waals surface area contributed by atoms with Crippen LogP contribution in [0.25, 0.3) is 0 Å². The van der Waals surface area contributed by atoms with Gasteiger partial charge in [0.1, 0.15) is 6.11 Å². The molecule has 4 heteroatoms. The summed E-state index contributed by atoms with van der Waals surface area (Å²) in [5, 5.41) is 0. The molecule has 0 aliphatic heterocycles. The van der Waals surface area contributed by atoms with Crippen LogP contribution in [0.4, 0.5) is 0 Å². The Kier molecular flexibility index (Phi) is 4.44. The largest absolute Gasteiger partial charge is 0.404 e. The third-order valence-corrected chi connectivity index (χ3v) is 1.53. The van der Waals surface area contributed by atoms with E-state index in [0.29, 0.717) is 0 Å². The highest BCUT2D eigenvalue weighted by Gasteiger charge is 2.18. The van der Waals surface area contributed by atoms with Crippen LogP contribution in [0.1, 0.15) is 27.7 Å². The van der Waals surface area contributed by atoms with E-state index in [9.17, 15) is 0 Å². The molecule has 0 saturated heterocycles. The maximum Gasteiger partial charge on any atom is 0.404 e. The maximum absolute atomic E-state index is 9.03. The van der Waals surface area contributed by atoms with Gasteiger partial charge in [-0.15, -0.1) is 0 Å². The third-order valence-electron chi connectivity index (χ3n) is 0.578. The van der Waals surface area contributed by atoms with Gasteiger partial charge in [-0.05, 0) is 20.8 Å². The van der Waals surface area contributed by atoms with Gasteiger partial charge in [0, 0.05) is 6.92 Å². The van der Waals surface area contributed by atoms with E-state index in [4.69, 9.17) is 9.42 Å². The van der Waals surface area contributed by atoms with Crippen molar-refractivity contribution in [3.63, 3.8) is 0 Å². The second-order valence-electron chi connectivity index (χ2n) is 2.88. The fourth-order valence-corrected chi connectivity index (χ4v) is 1.01. The third kappa shape index (κ3) is 7.61. The molecule has 1 atom stereocenters. The average Bonchev–Trinajstić information content (AvgIpc) is 1.79. The van der Waals surface area contributed by atoms with Crippen LogP contribution >= 0.6 is 8.60 Å². The maximum atomic E-state index is 9.03. The van der Waals surface area contributed by atoms with Gasteiger partial charge in [-0.1, -0.05) is 5.92 Å². The summed E-state index contributed by atoms with van der Waals surface area (Å²) in [6.07, 6.45) is 2.27. The second kappa shape index (κ2) is 4.56. The van der Waals surface area contributed by atoms with Crippen LogP contribution in [0.5, 0.6) is 0 Å².